The topological polar surface area (TPSA) is 44.9 Å². The van der Waals surface area contributed by atoms with Crippen LogP contribution in [0.15, 0.2) is 39.2 Å². The van der Waals surface area contributed by atoms with Crippen LogP contribution in [0.4, 0.5) is 0 Å². The molecule has 0 bridgehead atoms. The Balaban J connectivity index is 3.05. The van der Waals surface area contributed by atoms with Gasteiger partial charge < -0.3 is 4.90 Å². The first-order chi connectivity index (χ1) is 11.4. The van der Waals surface area contributed by atoms with Gasteiger partial charge >= 0.3 is 0 Å². The van der Waals surface area contributed by atoms with Gasteiger partial charge in [0.05, 0.1) is 5.70 Å². The molecule has 0 saturated carbocycles. The molecule has 1 aliphatic heterocycles. The lowest BCUT2D eigenvalue weighted by Gasteiger charge is -2.35. The highest BCUT2D eigenvalue weighted by molar-refractivity contribution is 8.07. The molecule has 0 saturated heterocycles. The van der Waals surface area contributed by atoms with Gasteiger partial charge in [0, 0.05) is 36.5 Å². The number of nitrogens with zero attached hydrogens (tertiary/aromatic N) is 3. The zero-order valence-electron chi connectivity index (χ0n) is 16.0. The number of nitrogens with two attached hydrogens (primary N) is 1. The molecule has 4 nitrogen and oxygen atoms in total. The summed E-state index contributed by atoms with van der Waals surface area (Å²) in [6.45, 7) is 15.5. The van der Waals surface area contributed by atoms with Crippen LogP contribution in [0.3, 0.4) is 0 Å². The van der Waals surface area contributed by atoms with Gasteiger partial charge in [-0.05, 0) is 32.3 Å². The lowest BCUT2D eigenvalue weighted by atomic mass is 10.1. The first-order valence-corrected chi connectivity index (χ1v) is 9.70. The Morgan fingerprint density at radius 1 is 1.42 bits per heavy atom. The minimum atomic E-state index is 0.435. The van der Waals surface area contributed by atoms with Crippen molar-refractivity contribution in [3.05, 3.63) is 34.2 Å². The van der Waals surface area contributed by atoms with Crippen LogP contribution in [0.25, 0.3) is 0 Å². The van der Waals surface area contributed by atoms with Crippen LogP contribution in [-0.4, -0.2) is 42.4 Å². The molecule has 0 fully saturated rings. The highest BCUT2D eigenvalue weighted by atomic mass is 32.2. The molecule has 0 radical (unpaired) electrons. The van der Waals surface area contributed by atoms with Crippen molar-refractivity contribution in [2.75, 3.05) is 26.7 Å². The molecule has 1 rings (SSSR count). The molecule has 0 spiro atoms. The zero-order chi connectivity index (χ0) is 18.1. The van der Waals surface area contributed by atoms with E-state index in [-0.39, 0.29) is 0 Å². The van der Waals surface area contributed by atoms with E-state index in [1.165, 1.54) is 23.4 Å². The van der Waals surface area contributed by atoms with Crippen LogP contribution >= 0.6 is 11.8 Å². The third-order valence-corrected chi connectivity index (χ3v) is 4.82. The third kappa shape index (κ3) is 6.46. The van der Waals surface area contributed by atoms with E-state index >= 15 is 0 Å². The summed E-state index contributed by atoms with van der Waals surface area (Å²) in [4.78, 5) is 9.54. The monoisotopic (exact) mass is 350 g/mol. The second-order valence-corrected chi connectivity index (χ2v) is 7.84. The lowest BCUT2D eigenvalue weighted by Crippen LogP contribution is -2.40. The zero-order valence-corrected chi connectivity index (χ0v) is 16.8. The van der Waals surface area contributed by atoms with Crippen molar-refractivity contribution >= 4 is 17.6 Å². The number of allylic oxidation sites excluding steroid dienone is 3. The summed E-state index contributed by atoms with van der Waals surface area (Å²) in [6, 6.07) is 0. The maximum Gasteiger partial charge on any atom is 0.141 e. The van der Waals surface area contributed by atoms with Gasteiger partial charge in [0.2, 0.25) is 0 Å². The maximum absolute atomic E-state index is 5.83. The first kappa shape index (κ1) is 21.0. The van der Waals surface area contributed by atoms with Gasteiger partial charge in [0.25, 0.3) is 0 Å². The van der Waals surface area contributed by atoms with Gasteiger partial charge in [-0.3, -0.25) is 10.8 Å². The maximum atomic E-state index is 5.83. The van der Waals surface area contributed by atoms with E-state index in [1.807, 2.05) is 7.05 Å². The second-order valence-electron chi connectivity index (χ2n) is 6.53. The molecule has 1 atom stereocenters. The Morgan fingerprint density at radius 3 is 2.71 bits per heavy atom. The molecule has 0 aromatic carbocycles. The normalized spacial score (nSPS) is 19.2. The van der Waals surface area contributed by atoms with Crippen molar-refractivity contribution in [1.29, 1.82) is 0 Å². The van der Waals surface area contributed by atoms with E-state index in [2.05, 4.69) is 51.3 Å². The van der Waals surface area contributed by atoms with E-state index < -0.39 is 0 Å². The summed E-state index contributed by atoms with van der Waals surface area (Å²) in [5.74, 6) is 7.30. The summed E-state index contributed by atoms with van der Waals surface area (Å²) in [7, 11) is 1.91. The molecule has 0 aromatic heterocycles. The standard InChI is InChI=1S/C19H34N4S/c1-7-9-10-12-21-19-17(5)24-16(4)18(11-8-2)23(19)14-15(3)13-22(6)20/h8,11,15H,5,7,9-10,12-14,20H2,1-4,6H3/b11-8-,21-19+. The number of rotatable bonds is 9. The summed E-state index contributed by atoms with van der Waals surface area (Å²) in [5.41, 5.74) is 1.23. The van der Waals surface area contributed by atoms with E-state index in [0.29, 0.717) is 5.92 Å². The molecule has 1 aliphatic rings. The molecule has 0 amide bonds. The molecule has 5 heteroatoms. The highest BCUT2D eigenvalue weighted by Crippen LogP contribution is 2.37. The van der Waals surface area contributed by atoms with Crippen LogP contribution in [0.2, 0.25) is 0 Å². The number of amidine groups is 1. The third-order valence-electron chi connectivity index (χ3n) is 3.87. The van der Waals surface area contributed by atoms with Crippen LogP contribution < -0.4 is 5.84 Å². The van der Waals surface area contributed by atoms with Gasteiger partial charge in [-0.2, -0.15) is 0 Å². The van der Waals surface area contributed by atoms with Gasteiger partial charge in [-0.25, -0.2) is 5.01 Å². The number of hydrogen-bond acceptors (Lipinski definition) is 4. The SMILES string of the molecule is C=C1SC(C)=C(/C=C\C)N(CC(C)CN(C)N)/C1=N/CCCCC. The van der Waals surface area contributed by atoms with Crippen LogP contribution in [0.5, 0.6) is 0 Å². The van der Waals surface area contributed by atoms with Gasteiger partial charge in [0.15, 0.2) is 0 Å². The number of hydrazine groups is 1. The van der Waals surface area contributed by atoms with Crippen molar-refractivity contribution in [3.8, 4) is 0 Å². The van der Waals surface area contributed by atoms with Crippen LogP contribution in [-0.2, 0) is 0 Å². The van der Waals surface area contributed by atoms with Crippen molar-refractivity contribution in [3.63, 3.8) is 0 Å². The largest absolute Gasteiger partial charge is 0.325 e. The van der Waals surface area contributed by atoms with E-state index in [1.54, 1.807) is 16.8 Å². The molecule has 2 N–H and O–H groups in total. The van der Waals surface area contributed by atoms with E-state index in [9.17, 15) is 0 Å². The number of thioether (sulfide) groups is 1. The first-order valence-electron chi connectivity index (χ1n) is 8.89. The van der Waals surface area contributed by atoms with Crippen molar-refractivity contribution in [1.82, 2.24) is 9.91 Å². The average molecular weight is 351 g/mol. The Kier molecular flexibility index (Phi) is 9.41. The average Bonchev–Trinajstić information content (AvgIpc) is 2.49. The summed E-state index contributed by atoms with van der Waals surface area (Å²) >= 11 is 1.73. The second kappa shape index (κ2) is 10.7. The molecule has 24 heavy (non-hydrogen) atoms. The molecular formula is C19H34N4S. The van der Waals surface area contributed by atoms with Gasteiger partial charge in [-0.15, -0.1) is 0 Å². The van der Waals surface area contributed by atoms with Crippen LogP contribution in [0, 0.1) is 5.92 Å². The summed E-state index contributed by atoms with van der Waals surface area (Å²) in [6.07, 6.45) is 7.84. The molecule has 0 aliphatic carbocycles. The summed E-state index contributed by atoms with van der Waals surface area (Å²) < 4.78 is 0. The molecule has 1 unspecified atom stereocenters. The minimum absolute atomic E-state index is 0.435. The van der Waals surface area contributed by atoms with E-state index in [0.717, 1.165) is 36.8 Å². The fourth-order valence-corrected chi connectivity index (χ4v) is 3.79. The Morgan fingerprint density at radius 2 is 2.12 bits per heavy atom. The number of unbranched alkanes of at least 4 members (excludes halogenated alkanes) is 2. The predicted octanol–water partition coefficient (Wildman–Crippen LogP) is 4.39. The summed E-state index contributed by atoms with van der Waals surface area (Å²) in [5, 5.41) is 1.75. The lowest BCUT2D eigenvalue weighted by molar-refractivity contribution is 0.270. The van der Waals surface area contributed by atoms with Crippen LogP contribution in [0.1, 0.15) is 47.0 Å². The minimum Gasteiger partial charge on any atom is -0.325 e. The van der Waals surface area contributed by atoms with Gasteiger partial charge in [0.1, 0.15) is 5.84 Å². The smallest absolute Gasteiger partial charge is 0.141 e. The number of aliphatic imine (C=N–C) groups is 1. The predicted molar refractivity (Wildman–Crippen MR) is 109 cm³/mol. The number of hydrogen-bond donors (Lipinski definition) is 1. The molecular weight excluding hydrogens is 316 g/mol. The highest BCUT2D eigenvalue weighted by Gasteiger charge is 2.26. The Bertz CT molecular complexity index is 505. The fourth-order valence-electron chi connectivity index (χ4n) is 2.87. The molecule has 0 aromatic rings. The fraction of sp³-hybridized carbons (Fsp3) is 0.632. The van der Waals surface area contributed by atoms with Crippen molar-refractivity contribution in [2.45, 2.75) is 47.0 Å². The van der Waals surface area contributed by atoms with E-state index in [4.69, 9.17) is 10.8 Å². The molecule has 136 valence electrons. The van der Waals surface area contributed by atoms with Crippen molar-refractivity contribution in [2.24, 2.45) is 16.8 Å². The van der Waals surface area contributed by atoms with Gasteiger partial charge in [-0.1, -0.05) is 51.1 Å². The quantitative estimate of drug-likeness (QED) is 0.381. The Labute approximate surface area is 152 Å². The van der Waals surface area contributed by atoms with Crippen molar-refractivity contribution < 1.29 is 0 Å². The Hall–Kier alpha value is -1.04. The molecule has 1 heterocycles.